The minimum absolute atomic E-state index is 0. The highest BCUT2D eigenvalue weighted by Crippen LogP contribution is 2.43. The van der Waals surface area contributed by atoms with Gasteiger partial charge in [0.2, 0.25) is 0 Å². The van der Waals surface area contributed by atoms with Crippen LogP contribution in [0.25, 0.3) is 0 Å². The zero-order valence-corrected chi connectivity index (χ0v) is 7.40. The molecule has 0 heterocycles. The van der Waals surface area contributed by atoms with Crippen molar-refractivity contribution in [1.29, 1.82) is 0 Å². The average Bonchev–Trinajstić information content (AvgIpc) is 1.64. The summed E-state index contributed by atoms with van der Waals surface area (Å²) in [4.78, 5) is 8.46. The lowest BCUT2D eigenvalue weighted by Crippen LogP contribution is -1.90. The van der Waals surface area contributed by atoms with Gasteiger partial charge >= 0.3 is 7.82 Å². The zero-order chi connectivity index (χ0) is 7.33. The van der Waals surface area contributed by atoms with Crippen molar-refractivity contribution in [2.45, 2.75) is 0 Å². The first-order valence-electron chi connectivity index (χ1n) is 1.86. The van der Waals surface area contributed by atoms with Gasteiger partial charge < -0.3 is 11.0 Å². The van der Waals surface area contributed by atoms with Gasteiger partial charge in [-0.25, -0.2) is 4.57 Å². The van der Waals surface area contributed by atoms with Crippen molar-refractivity contribution in [1.82, 2.24) is 6.15 Å². The lowest BCUT2D eigenvalue weighted by molar-refractivity contribution is 0.188. The first-order valence-corrected chi connectivity index (χ1v) is 4.42. The first kappa shape index (κ1) is 13.3. The lowest BCUT2D eigenvalue weighted by Gasteiger charge is -2.05. The van der Waals surface area contributed by atoms with Gasteiger partial charge in [-0.1, -0.05) is 23.2 Å². The Labute approximate surface area is 68.4 Å². The third-order valence-corrected chi connectivity index (χ3v) is 1.86. The maximum absolute atomic E-state index is 10.4. The van der Waals surface area contributed by atoms with Crippen LogP contribution in [0.1, 0.15) is 0 Å². The maximum Gasteiger partial charge on any atom is 0.474 e. The normalized spacial score (nSPS) is 10.7. The van der Waals surface area contributed by atoms with Crippen molar-refractivity contribution in [2.75, 3.05) is 12.1 Å². The summed E-state index contributed by atoms with van der Waals surface area (Å²) in [6.45, 7) is 0. The van der Waals surface area contributed by atoms with E-state index < -0.39 is 20.0 Å². The number of rotatable bonds is 4. The molecule has 0 fully saturated rings. The summed E-state index contributed by atoms with van der Waals surface area (Å²) in [5, 5.41) is 0. The molecule has 0 saturated heterocycles. The summed E-state index contributed by atoms with van der Waals surface area (Å²) in [6, 6.07) is -0.796. The highest BCUT2D eigenvalue weighted by molar-refractivity contribution is 7.47. The Morgan fingerprint density at radius 1 is 1.30 bits per heavy atom. The third-order valence-electron chi connectivity index (χ3n) is 0.424. The maximum atomic E-state index is 10.4. The van der Waals surface area contributed by atoms with E-state index in [0.29, 0.717) is 0 Å². The minimum Gasteiger partial charge on any atom is -0.344 e. The van der Waals surface area contributed by atoms with Crippen LogP contribution in [0, 0.1) is 0 Å². The molecule has 0 bridgehead atoms. The minimum atomic E-state index is -3.96. The average molecular weight is 212 g/mol. The van der Waals surface area contributed by atoms with Crippen LogP contribution in [-0.4, -0.2) is 17.0 Å². The second kappa shape index (κ2) is 6.37. The molecule has 0 aromatic rings. The fourth-order valence-electron chi connectivity index (χ4n) is 0.161. The number of phosphoric acid groups is 1. The monoisotopic (exact) mass is 211 g/mol. The van der Waals surface area contributed by atoms with Crippen LogP contribution in [0.2, 0.25) is 0 Å². The van der Waals surface area contributed by atoms with E-state index >= 15 is 0 Å². The molecular weight excluding hydrogens is 204 g/mol. The molecule has 4 N–H and O–H groups in total. The van der Waals surface area contributed by atoms with Gasteiger partial charge in [0.1, 0.15) is 12.1 Å². The Bertz CT molecular complexity index is 112. The van der Waals surface area contributed by atoms with Gasteiger partial charge in [0.15, 0.2) is 0 Å². The van der Waals surface area contributed by atoms with E-state index in [1.165, 1.54) is 0 Å². The number of phosphoric ester groups is 1. The molecule has 64 valence electrons. The van der Waals surface area contributed by atoms with Gasteiger partial charge in [0, 0.05) is 0 Å². The van der Waals surface area contributed by atoms with E-state index in [0.717, 1.165) is 0 Å². The molecule has 0 radical (unpaired) electrons. The Hall–Kier alpha value is 0.650. The standard InChI is InChI=1S/C2H5Cl2O4P.H3N/c3-1-7-9(5,6)8-2-4;/h1-2H2,(H,5,6);1H3. The summed E-state index contributed by atoms with van der Waals surface area (Å²) >= 11 is 9.89. The number of hydrogen-bond acceptors (Lipinski definition) is 4. The molecule has 0 unspecified atom stereocenters. The summed E-state index contributed by atoms with van der Waals surface area (Å²) in [6.07, 6.45) is 0. The van der Waals surface area contributed by atoms with Crippen molar-refractivity contribution < 1.29 is 18.5 Å². The molecule has 0 aromatic carbocycles. The number of alkyl halides is 2. The smallest absolute Gasteiger partial charge is 0.344 e. The van der Waals surface area contributed by atoms with Crippen LogP contribution in [0.15, 0.2) is 0 Å². The zero-order valence-electron chi connectivity index (χ0n) is 5.00. The molecule has 0 aliphatic carbocycles. The predicted molar refractivity (Wildman–Crippen MR) is 38.5 cm³/mol. The van der Waals surface area contributed by atoms with Crippen molar-refractivity contribution in [3.05, 3.63) is 0 Å². The molecule has 0 aliphatic rings. The van der Waals surface area contributed by atoms with E-state index in [9.17, 15) is 4.57 Å². The van der Waals surface area contributed by atoms with Crippen LogP contribution in [0.5, 0.6) is 0 Å². The Kier molecular flexibility index (Phi) is 8.44. The van der Waals surface area contributed by atoms with Gasteiger partial charge in [0.25, 0.3) is 0 Å². The highest BCUT2D eigenvalue weighted by Gasteiger charge is 2.18. The van der Waals surface area contributed by atoms with E-state index in [1.54, 1.807) is 0 Å². The topological polar surface area (TPSA) is 90.8 Å². The summed E-state index contributed by atoms with van der Waals surface area (Å²) in [5.74, 6) is 0. The van der Waals surface area contributed by atoms with Gasteiger partial charge in [-0.3, -0.25) is 9.05 Å². The van der Waals surface area contributed by atoms with Crippen LogP contribution in [-0.2, 0) is 13.6 Å². The van der Waals surface area contributed by atoms with Gasteiger partial charge in [-0.15, -0.1) is 0 Å². The predicted octanol–water partition coefficient (Wildman–Crippen LogP) is 1.67. The molecule has 0 rings (SSSR count). The molecule has 0 amide bonds. The van der Waals surface area contributed by atoms with Crippen molar-refractivity contribution in [3.63, 3.8) is 0 Å². The van der Waals surface area contributed by atoms with Crippen LogP contribution in [0.4, 0.5) is 0 Å². The molecular formula is C2H8Cl2NO4P. The molecule has 0 aromatic heterocycles. The fraction of sp³-hybridized carbons (Fsp3) is 1.00. The van der Waals surface area contributed by atoms with E-state index in [2.05, 4.69) is 9.05 Å². The molecule has 5 nitrogen and oxygen atoms in total. The molecule has 0 spiro atoms. The molecule has 0 atom stereocenters. The largest absolute Gasteiger partial charge is 0.474 e. The van der Waals surface area contributed by atoms with Gasteiger partial charge in [-0.2, -0.15) is 0 Å². The quantitative estimate of drug-likeness (QED) is 0.546. The molecule has 0 saturated carbocycles. The molecule has 10 heavy (non-hydrogen) atoms. The lowest BCUT2D eigenvalue weighted by atomic mass is 11.7. The Balaban J connectivity index is 0. The van der Waals surface area contributed by atoms with Crippen molar-refractivity contribution in [2.24, 2.45) is 0 Å². The third kappa shape index (κ3) is 6.77. The van der Waals surface area contributed by atoms with Crippen molar-refractivity contribution >= 4 is 31.0 Å². The van der Waals surface area contributed by atoms with E-state index in [4.69, 9.17) is 28.1 Å². The molecule has 0 aliphatic heterocycles. The number of halogens is 2. The summed E-state index contributed by atoms with van der Waals surface area (Å²) in [7, 11) is -3.96. The second-order valence-electron chi connectivity index (χ2n) is 0.945. The molecule has 8 heteroatoms. The van der Waals surface area contributed by atoms with Crippen LogP contribution in [0.3, 0.4) is 0 Å². The first-order chi connectivity index (χ1) is 4.12. The number of hydrogen-bond donors (Lipinski definition) is 2. The van der Waals surface area contributed by atoms with Crippen LogP contribution < -0.4 is 6.15 Å². The van der Waals surface area contributed by atoms with Gasteiger partial charge in [-0.05, 0) is 0 Å². The summed E-state index contributed by atoms with van der Waals surface area (Å²) in [5.41, 5.74) is 0. The Morgan fingerprint density at radius 2 is 1.60 bits per heavy atom. The Morgan fingerprint density at radius 3 is 1.80 bits per heavy atom. The van der Waals surface area contributed by atoms with Crippen LogP contribution >= 0.6 is 31.0 Å². The van der Waals surface area contributed by atoms with E-state index in [-0.39, 0.29) is 6.15 Å². The second-order valence-corrected chi connectivity index (χ2v) is 2.83. The fourth-order valence-corrected chi connectivity index (χ4v) is 1.22. The summed E-state index contributed by atoms with van der Waals surface area (Å²) < 4.78 is 18.4. The van der Waals surface area contributed by atoms with Gasteiger partial charge in [0.05, 0.1) is 0 Å². The van der Waals surface area contributed by atoms with Crippen molar-refractivity contribution in [3.8, 4) is 0 Å². The van der Waals surface area contributed by atoms with E-state index in [1.807, 2.05) is 0 Å². The highest BCUT2D eigenvalue weighted by atomic mass is 35.5. The SMILES string of the molecule is N.O=P(O)(OCCl)OCCl.